The van der Waals surface area contributed by atoms with Crippen molar-refractivity contribution in [1.29, 1.82) is 0 Å². The van der Waals surface area contributed by atoms with Crippen molar-refractivity contribution in [3.63, 3.8) is 0 Å². The Morgan fingerprint density at radius 3 is 2.44 bits per heavy atom. The second-order valence-corrected chi connectivity index (χ2v) is 4.68. The van der Waals surface area contributed by atoms with Gasteiger partial charge in [-0.05, 0) is 30.5 Å². The summed E-state index contributed by atoms with van der Waals surface area (Å²) in [6.07, 6.45) is -0.919. The Labute approximate surface area is 95.9 Å². The van der Waals surface area contributed by atoms with Gasteiger partial charge in [-0.25, -0.2) is 4.39 Å². The van der Waals surface area contributed by atoms with E-state index in [0.717, 1.165) is 11.2 Å². The van der Waals surface area contributed by atoms with Crippen molar-refractivity contribution >= 4 is 10.9 Å². The van der Waals surface area contributed by atoms with Crippen molar-refractivity contribution in [2.75, 3.05) is 0 Å². The van der Waals surface area contributed by atoms with Crippen LogP contribution >= 0.6 is 0 Å². The summed E-state index contributed by atoms with van der Waals surface area (Å²) in [6, 6.07) is 8.20. The molecule has 0 aliphatic carbocycles. The highest BCUT2D eigenvalue weighted by atomic mass is 19.1. The van der Waals surface area contributed by atoms with Crippen molar-refractivity contribution in [2.45, 2.75) is 32.9 Å². The molecule has 0 aliphatic rings. The molecular formula is C14H18FN. The van der Waals surface area contributed by atoms with E-state index in [4.69, 9.17) is 0 Å². The van der Waals surface area contributed by atoms with Crippen molar-refractivity contribution in [3.05, 3.63) is 35.5 Å². The van der Waals surface area contributed by atoms with E-state index in [0.29, 0.717) is 5.92 Å². The first-order chi connectivity index (χ1) is 7.52. The Morgan fingerprint density at radius 2 is 1.88 bits per heavy atom. The number of fused-ring (bicyclic) bond motifs is 1. The van der Waals surface area contributed by atoms with Crippen LogP contribution < -0.4 is 0 Å². The van der Waals surface area contributed by atoms with Crippen LogP contribution in [0.5, 0.6) is 0 Å². The van der Waals surface area contributed by atoms with E-state index in [1.54, 1.807) is 6.92 Å². The first kappa shape index (κ1) is 11.2. The van der Waals surface area contributed by atoms with Crippen LogP contribution in [0.2, 0.25) is 0 Å². The third-order valence-electron chi connectivity index (χ3n) is 3.19. The molecule has 2 rings (SSSR count). The third-order valence-corrected chi connectivity index (χ3v) is 3.19. The Morgan fingerprint density at radius 1 is 1.19 bits per heavy atom. The number of aryl methyl sites for hydroxylation is 1. The summed E-state index contributed by atoms with van der Waals surface area (Å²) in [4.78, 5) is 0. The molecule has 2 aromatic rings. The minimum Gasteiger partial charge on any atom is -0.345 e. The molecule has 0 amide bonds. The molecule has 1 aromatic heterocycles. The zero-order valence-corrected chi connectivity index (χ0v) is 10.3. The number of hydrogen-bond donors (Lipinski definition) is 0. The standard InChI is InChI=1S/C14H18FN/c1-9(2)11-6-5-7-13-12(11)8-14(10(3)15)16(13)4/h5-10H,1-4H3. The summed E-state index contributed by atoms with van der Waals surface area (Å²) in [5.41, 5.74) is 3.16. The van der Waals surface area contributed by atoms with Gasteiger partial charge in [0, 0.05) is 18.0 Å². The Hall–Kier alpha value is -1.31. The second-order valence-electron chi connectivity index (χ2n) is 4.68. The highest BCUT2D eigenvalue weighted by Gasteiger charge is 2.14. The average Bonchev–Trinajstić information content (AvgIpc) is 2.56. The maximum atomic E-state index is 13.4. The lowest BCUT2D eigenvalue weighted by Gasteiger charge is -2.07. The third kappa shape index (κ3) is 1.62. The fourth-order valence-corrected chi connectivity index (χ4v) is 2.29. The number of rotatable bonds is 2. The summed E-state index contributed by atoms with van der Waals surface area (Å²) < 4.78 is 15.4. The molecule has 16 heavy (non-hydrogen) atoms. The zero-order chi connectivity index (χ0) is 11.9. The Kier molecular flexibility index (Phi) is 2.75. The molecule has 1 heterocycles. The molecule has 0 spiro atoms. The van der Waals surface area contributed by atoms with Gasteiger partial charge in [0.05, 0.1) is 5.69 Å². The predicted molar refractivity (Wildman–Crippen MR) is 66.5 cm³/mol. The van der Waals surface area contributed by atoms with E-state index in [1.807, 2.05) is 29.8 Å². The average molecular weight is 219 g/mol. The van der Waals surface area contributed by atoms with Gasteiger partial charge in [-0.15, -0.1) is 0 Å². The minimum atomic E-state index is -0.919. The maximum absolute atomic E-state index is 13.4. The molecule has 1 atom stereocenters. The summed E-state index contributed by atoms with van der Waals surface area (Å²) >= 11 is 0. The quantitative estimate of drug-likeness (QED) is 0.708. The summed E-state index contributed by atoms with van der Waals surface area (Å²) in [6.45, 7) is 5.92. The first-order valence-corrected chi connectivity index (χ1v) is 5.74. The van der Waals surface area contributed by atoms with E-state index < -0.39 is 6.17 Å². The highest BCUT2D eigenvalue weighted by molar-refractivity contribution is 5.85. The molecule has 0 saturated heterocycles. The largest absolute Gasteiger partial charge is 0.345 e. The van der Waals surface area contributed by atoms with E-state index in [-0.39, 0.29) is 0 Å². The topological polar surface area (TPSA) is 4.93 Å². The second kappa shape index (κ2) is 3.93. The molecule has 1 nitrogen and oxygen atoms in total. The number of alkyl halides is 1. The summed E-state index contributed by atoms with van der Waals surface area (Å²) in [7, 11) is 1.93. The van der Waals surface area contributed by atoms with Gasteiger partial charge in [0.25, 0.3) is 0 Å². The number of halogens is 1. The van der Waals surface area contributed by atoms with Crippen LogP contribution in [0.25, 0.3) is 10.9 Å². The molecule has 1 unspecified atom stereocenters. The van der Waals surface area contributed by atoms with Crippen LogP contribution in [0.1, 0.15) is 44.1 Å². The smallest absolute Gasteiger partial charge is 0.137 e. The Balaban J connectivity index is 2.75. The summed E-state index contributed by atoms with van der Waals surface area (Å²) in [5, 5.41) is 1.18. The van der Waals surface area contributed by atoms with Crippen molar-refractivity contribution in [2.24, 2.45) is 7.05 Å². The van der Waals surface area contributed by atoms with Crippen LogP contribution in [-0.2, 0) is 7.05 Å². The number of aromatic nitrogens is 1. The molecule has 0 aliphatic heterocycles. The molecule has 0 radical (unpaired) electrons. The van der Waals surface area contributed by atoms with Gasteiger partial charge < -0.3 is 4.57 Å². The van der Waals surface area contributed by atoms with E-state index >= 15 is 0 Å². The summed E-state index contributed by atoms with van der Waals surface area (Å²) in [5.74, 6) is 0.467. The van der Waals surface area contributed by atoms with Crippen molar-refractivity contribution < 1.29 is 4.39 Å². The van der Waals surface area contributed by atoms with Gasteiger partial charge in [0.2, 0.25) is 0 Å². The van der Waals surface area contributed by atoms with E-state index in [2.05, 4.69) is 19.9 Å². The maximum Gasteiger partial charge on any atom is 0.137 e. The van der Waals surface area contributed by atoms with Gasteiger partial charge in [-0.2, -0.15) is 0 Å². The minimum absolute atomic E-state index is 0.467. The van der Waals surface area contributed by atoms with Crippen LogP contribution in [0.15, 0.2) is 24.3 Å². The lowest BCUT2D eigenvalue weighted by atomic mass is 9.99. The van der Waals surface area contributed by atoms with Crippen LogP contribution in [-0.4, -0.2) is 4.57 Å². The number of benzene rings is 1. The van der Waals surface area contributed by atoms with Crippen LogP contribution in [0.3, 0.4) is 0 Å². The zero-order valence-electron chi connectivity index (χ0n) is 10.3. The van der Waals surface area contributed by atoms with E-state index in [1.165, 1.54) is 10.9 Å². The fraction of sp³-hybridized carbons (Fsp3) is 0.429. The Bertz CT molecular complexity index is 509. The SMILES string of the molecule is CC(C)c1cccc2c1cc(C(C)F)n2C. The van der Waals surface area contributed by atoms with Gasteiger partial charge in [0.15, 0.2) is 0 Å². The van der Waals surface area contributed by atoms with Gasteiger partial charge in [-0.3, -0.25) is 0 Å². The van der Waals surface area contributed by atoms with Gasteiger partial charge in [0.1, 0.15) is 6.17 Å². The molecule has 86 valence electrons. The molecule has 0 saturated carbocycles. The van der Waals surface area contributed by atoms with E-state index in [9.17, 15) is 4.39 Å². The fourth-order valence-electron chi connectivity index (χ4n) is 2.29. The number of nitrogens with zero attached hydrogens (tertiary/aromatic N) is 1. The normalized spacial score (nSPS) is 13.6. The molecule has 2 heteroatoms. The number of hydrogen-bond acceptors (Lipinski definition) is 0. The lowest BCUT2D eigenvalue weighted by Crippen LogP contribution is -1.96. The molecule has 0 bridgehead atoms. The first-order valence-electron chi connectivity index (χ1n) is 5.74. The molecule has 1 aromatic carbocycles. The highest BCUT2D eigenvalue weighted by Crippen LogP contribution is 2.30. The van der Waals surface area contributed by atoms with Crippen LogP contribution in [0.4, 0.5) is 4.39 Å². The monoisotopic (exact) mass is 219 g/mol. The predicted octanol–water partition coefficient (Wildman–Crippen LogP) is 4.33. The van der Waals surface area contributed by atoms with Crippen molar-refractivity contribution in [3.8, 4) is 0 Å². The van der Waals surface area contributed by atoms with Gasteiger partial charge >= 0.3 is 0 Å². The molecular weight excluding hydrogens is 201 g/mol. The molecule has 0 fully saturated rings. The molecule has 0 N–H and O–H groups in total. The lowest BCUT2D eigenvalue weighted by molar-refractivity contribution is 0.359. The van der Waals surface area contributed by atoms with Gasteiger partial charge in [-0.1, -0.05) is 26.0 Å². The van der Waals surface area contributed by atoms with Crippen molar-refractivity contribution in [1.82, 2.24) is 4.57 Å². The van der Waals surface area contributed by atoms with Crippen LogP contribution in [0, 0.1) is 0 Å².